The Bertz CT molecular complexity index is 391. The summed E-state index contributed by atoms with van der Waals surface area (Å²) in [4.78, 5) is 0.954. The molecule has 0 saturated heterocycles. The highest BCUT2D eigenvalue weighted by Crippen LogP contribution is 2.36. The summed E-state index contributed by atoms with van der Waals surface area (Å²) < 4.78 is 37.1. The van der Waals surface area contributed by atoms with Crippen LogP contribution in [0.4, 0.5) is 13.2 Å². The largest absolute Gasteiger partial charge is 0.503 e. The molecule has 0 radical (unpaired) electrons. The second-order valence-electron chi connectivity index (χ2n) is 3.66. The molecule has 0 aliphatic carbocycles. The number of aliphatic hydroxyl groups is 3. The smallest absolute Gasteiger partial charge is 0.420 e. The molecule has 0 aromatic carbocycles. The maximum atomic E-state index is 12.4. The summed E-state index contributed by atoms with van der Waals surface area (Å²) in [6, 6.07) is -0.778. The van der Waals surface area contributed by atoms with E-state index in [0.717, 1.165) is 4.90 Å². The highest BCUT2D eigenvalue weighted by Gasteiger charge is 2.46. The molecule has 1 rings (SSSR count). The fourth-order valence-electron chi connectivity index (χ4n) is 1.46. The van der Waals surface area contributed by atoms with E-state index in [2.05, 4.69) is 0 Å². The predicted molar refractivity (Wildman–Crippen MR) is 54.4 cm³/mol. The van der Waals surface area contributed by atoms with Crippen molar-refractivity contribution in [2.75, 3.05) is 7.05 Å². The van der Waals surface area contributed by atoms with Crippen molar-refractivity contribution in [1.29, 1.82) is 0 Å². The van der Waals surface area contributed by atoms with Gasteiger partial charge in [0, 0.05) is 7.05 Å². The van der Waals surface area contributed by atoms with Crippen LogP contribution in [-0.2, 0) is 0 Å². The Labute approximate surface area is 100 Å². The van der Waals surface area contributed by atoms with E-state index in [1.54, 1.807) is 0 Å². The van der Waals surface area contributed by atoms with Crippen LogP contribution in [0.25, 0.3) is 0 Å². The lowest BCUT2D eigenvalue weighted by Gasteiger charge is -2.36. The Morgan fingerprint density at radius 3 is 2.18 bits per heavy atom. The summed E-state index contributed by atoms with van der Waals surface area (Å²) >= 11 is 5.62. The molecule has 8 heteroatoms. The number of rotatable bonds is 1. The van der Waals surface area contributed by atoms with Crippen LogP contribution in [0.3, 0.4) is 0 Å². The van der Waals surface area contributed by atoms with Crippen LogP contribution in [0.1, 0.15) is 6.92 Å². The summed E-state index contributed by atoms with van der Waals surface area (Å²) in [5, 5.41) is 27.7. The fourth-order valence-corrected chi connectivity index (χ4v) is 1.69. The second kappa shape index (κ2) is 4.30. The maximum Gasteiger partial charge on any atom is 0.420 e. The number of halogens is 4. The van der Waals surface area contributed by atoms with Crippen molar-refractivity contribution in [1.82, 2.24) is 4.90 Å². The lowest BCUT2D eigenvalue weighted by molar-refractivity contribution is -0.197. The first-order valence-electron chi connectivity index (χ1n) is 4.58. The van der Waals surface area contributed by atoms with E-state index >= 15 is 0 Å². The first kappa shape index (κ1) is 14.0. The quantitative estimate of drug-likeness (QED) is 0.684. The molecule has 98 valence electrons. The Morgan fingerprint density at radius 1 is 1.29 bits per heavy atom. The molecule has 0 fully saturated rings. The van der Waals surface area contributed by atoms with Gasteiger partial charge in [0.2, 0.25) is 0 Å². The molecule has 1 aliphatic rings. The van der Waals surface area contributed by atoms with Crippen molar-refractivity contribution in [3.05, 3.63) is 22.2 Å². The minimum atomic E-state index is -4.94. The first-order valence-corrected chi connectivity index (χ1v) is 4.96. The Hall–Kier alpha value is -1.08. The van der Waals surface area contributed by atoms with Gasteiger partial charge >= 0.3 is 6.18 Å². The molecule has 0 aromatic heterocycles. The van der Waals surface area contributed by atoms with Crippen molar-refractivity contribution in [3.8, 4) is 0 Å². The van der Waals surface area contributed by atoms with E-state index in [-0.39, 0.29) is 5.03 Å². The van der Waals surface area contributed by atoms with Gasteiger partial charge in [-0.05, 0) is 6.92 Å². The van der Waals surface area contributed by atoms with Gasteiger partial charge in [0.25, 0.3) is 0 Å². The van der Waals surface area contributed by atoms with E-state index in [0.29, 0.717) is 0 Å². The normalized spacial score (nSPS) is 24.4. The molecule has 2 unspecified atom stereocenters. The molecular formula is C9H11ClF3NO3. The van der Waals surface area contributed by atoms with Crippen molar-refractivity contribution in [3.63, 3.8) is 0 Å². The van der Waals surface area contributed by atoms with E-state index in [9.17, 15) is 23.4 Å². The number of hydrogen-bond donors (Lipinski definition) is 3. The summed E-state index contributed by atoms with van der Waals surface area (Å²) in [5.41, 5.74) is -0.827. The van der Waals surface area contributed by atoms with Crippen molar-refractivity contribution < 1.29 is 28.5 Å². The predicted octanol–water partition coefficient (Wildman–Crippen LogP) is 2.02. The Balaban J connectivity index is 3.30. The lowest BCUT2D eigenvalue weighted by Crippen LogP contribution is -2.44. The summed E-state index contributed by atoms with van der Waals surface area (Å²) in [6.45, 7) is 1.42. The number of likely N-dealkylation sites (N-methyl/N-ethyl adjacent to an activating group) is 1. The third-order valence-electron chi connectivity index (χ3n) is 2.59. The van der Waals surface area contributed by atoms with Gasteiger partial charge in [-0.15, -0.1) is 0 Å². The van der Waals surface area contributed by atoms with E-state index in [1.807, 2.05) is 0 Å². The monoisotopic (exact) mass is 273 g/mol. The molecule has 1 aliphatic heterocycles. The first-order chi connectivity index (χ1) is 7.59. The van der Waals surface area contributed by atoms with Gasteiger partial charge in [0.05, 0.1) is 16.8 Å². The number of aliphatic hydroxyl groups excluding tert-OH is 3. The molecule has 17 heavy (non-hydrogen) atoms. The van der Waals surface area contributed by atoms with Gasteiger partial charge in [-0.3, -0.25) is 0 Å². The Kier molecular flexibility index (Phi) is 3.54. The highest BCUT2D eigenvalue weighted by molar-refractivity contribution is 6.30. The van der Waals surface area contributed by atoms with Gasteiger partial charge in [-0.1, -0.05) is 11.6 Å². The average molecular weight is 274 g/mol. The maximum absolute atomic E-state index is 12.4. The van der Waals surface area contributed by atoms with Gasteiger partial charge in [-0.2, -0.15) is 13.2 Å². The lowest BCUT2D eigenvalue weighted by atomic mass is 10.1. The molecule has 0 aromatic rings. The summed E-state index contributed by atoms with van der Waals surface area (Å²) in [5.74, 6) is -1.92. The number of hydrogen-bond acceptors (Lipinski definition) is 4. The second-order valence-corrected chi connectivity index (χ2v) is 4.07. The third-order valence-corrected chi connectivity index (χ3v) is 3.08. The third kappa shape index (κ3) is 2.30. The van der Waals surface area contributed by atoms with Crippen molar-refractivity contribution in [2.24, 2.45) is 0 Å². The fraction of sp³-hybridized carbons (Fsp3) is 0.556. The van der Waals surface area contributed by atoms with Gasteiger partial charge in [0.1, 0.15) is 0 Å². The van der Waals surface area contributed by atoms with Crippen LogP contribution in [0.5, 0.6) is 0 Å². The van der Waals surface area contributed by atoms with Gasteiger partial charge < -0.3 is 20.2 Å². The molecule has 2 atom stereocenters. The van der Waals surface area contributed by atoms with Crippen molar-refractivity contribution in [2.45, 2.75) is 25.2 Å². The number of alkyl halides is 3. The zero-order valence-electron chi connectivity index (χ0n) is 8.96. The van der Waals surface area contributed by atoms with E-state index < -0.39 is 35.5 Å². The highest BCUT2D eigenvalue weighted by atomic mass is 35.5. The molecule has 0 spiro atoms. The van der Waals surface area contributed by atoms with Gasteiger partial charge in [0.15, 0.2) is 17.6 Å². The van der Waals surface area contributed by atoms with Crippen molar-refractivity contribution >= 4 is 11.6 Å². The topological polar surface area (TPSA) is 63.9 Å². The van der Waals surface area contributed by atoms with Crippen LogP contribution in [0.15, 0.2) is 22.2 Å². The molecule has 1 heterocycles. The van der Waals surface area contributed by atoms with E-state index in [4.69, 9.17) is 16.7 Å². The summed E-state index contributed by atoms with van der Waals surface area (Å²) in [7, 11) is 1.22. The SMILES string of the molecule is CC1C(Cl)=C(O)C(O)=C(C(O)C(F)(F)F)N1C. The molecule has 0 saturated carbocycles. The zero-order chi connectivity index (χ0) is 13.5. The number of nitrogens with zero attached hydrogens (tertiary/aromatic N) is 1. The van der Waals surface area contributed by atoms with Gasteiger partial charge in [-0.25, -0.2) is 0 Å². The zero-order valence-corrected chi connectivity index (χ0v) is 9.71. The molecule has 0 amide bonds. The Morgan fingerprint density at radius 2 is 1.76 bits per heavy atom. The van der Waals surface area contributed by atoms with Crippen LogP contribution >= 0.6 is 11.6 Å². The summed E-state index contributed by atoms with van der Waals surface area (Å²) in [6.07, 6.45) is -7.83. The van der Waals surface area contributed by atoms with E-state index in [1.165, 1.54) is 14.0 Å². The van der Waals surface area contributed by atoms with Crippen LogP contribution < -0.4 is 0 Å². The van der Waals surface area contributed by atoms with Crippen LogP contribution in [0.2, 0.25) is 0 Å². The van der Waals surface area contributed by atoms with Crippen LogP contribution in [0, 0.1) is 0 Å². The molecule has 4 nitrogen and oxygen atoms in total. The standard InChI is InChI=1S/C9H11ClF3NO3/c1-3-4(10)6(15)7(16)5(14(3)2)8(17)9(11,12)13/h3,8,15-17H,1-2H3. The minimum Gasteiger partial charge on any atom is -0.503 e. The molecular weight excluding hydrogens is 263 g/mol. The molecule has 3 N–H and O–H groups in total. The molecule has 0 bridgehead atoms. The minimum absolute atomic E-state index is 0.192. The van der Waals surface area contributed by atoms with Crippen LogP contribution in [-0.4, -0.2) is 45.6 Å². The average Bonchev–Trinajstić information content (AvgIpc) is 2.22.